The number of alkyl halides is 3. The SMILES string of the molecule is NC(=O)C#Cc1cnc(N)c(C(F)(F)F)c1. The lowest BCUT2D eigenvalue weighted by Gasteiger charge is -2.08. The normalized spacial score (nSPS) is 10.4. The van der Waals surface area contributed by atoms with E-state index in [4.69, 9.17) is 11.5 Å². The molecule has 0 aliphatic carbocycles. The predicted molar refractivity (Wildman–Crippen MR) is 49.7 cm³/mol. The average Bonchev–Trinajstić information content (AvgIpc) is 2.14. The first kappa shape index (κ1) is 11.8. The van der Waals surface area contributed by atoms with Crippen LogP contribution in [0.3, 0.4) is 0 Å². The minimum atomic E-state index is -4.61. The van der Waals surface area contributed by atoms with Crippen molar-refractivity contribution in [2.24, 2.45) is 5.73 Å². The number of hydrogen-bond acceptors (Lipinski definition) is 3. The second-order valence-corrected chi connectivity index (χ2v) is 2.77. The molecule has 4 nitrogen and oxygen atoms in total. The van der Waals surface area contributed by atoms with Crippen molar-refractivity contribution in [3.8, 4) is 11.8 Å². The lowest BCUT2D eigenvalue weighted by Crippen LogP contribution is -2.11. The first-order valence-electron chi connectivity index (χ1n) is 3.95. The van der Waals surface area contributed by atoms with Gasteiger partial charge in [0.1, 0.15) is 5.82 Å². The Bertz CT molecular complexity index is 485. The zero-order valence-electron chi connectivity index (χ0n) is 7.80. The van der Waals surface area contributed by atoms with Gasteiger partial charge in [0, 0.05) is 17.7 Å². The van der Waals surface area contributed by atoms with Crippen LogP contribution in [0.2, 0.25) is 0 Å². The smallest absolute Gasteiger partial charge is 0.383 e. The van der Waals surface area contributed by atoms with Crippen LogP contribution in [0.15, 0.2) is 12.3 Å². The van der Waals surface area contributed by atoms with Crippen molar-refractivity contribution in [1.82, 2.24) is 4.98 Å². The van der Waals surface area contributed by atoms with E-state index in [-0.39, 0.29) is 5.56 Å². The molecule has 84 valence electrons. The van der Waals surface area contributed by atoms with Gasteiger partial charge in [-0.25, -0.2) is 4.98 Å². The fourth-order valence-electron chi connectivity index (χ4n) is 0.905. The summed E-state index contributed by atoms with van der Waals surface area (Å²) < 4.78 is 37.1. The molecule has 0 saturated heterocycles. The number of carbonyl (C=O) groups excluding carboxylic acids is 1. The minimum Gasteiger partial charge on any atom is -0.383 e. The Morgan fingerprint density at radius 3 is 2.56 bits per heavy atom. The summed E-state index contributed by atoms with van der Waals surface area (Å²) in [5.41, 5.74) is 8.60. The molecular formula is C9H6F3N3O. The third-order valence-electron chi connectivity index (χ3n) is 1.55. The first-order valence-corrected chi connectivity index (χ1v) is 3.95. The fraction of sp³-hybridized carbons (Fsp3) is 0.111. The molecule has 0 bridgehead atoms. The molecule has 0 unspecified atom stereocenters. The van der Waals surface area contributed by atoms with Crippen molar-refractivity contribution < 1.29 is 18.0 Å². The number of aromatic nitrogens is 1. The number of rotatable bonds is 0. The van der Waals surface area contributed by atoms with E-state index in [2.05, 4.69) is 10.9 Å². The van der Waals surface area contributed by atoms with Crippen molar-refractivity contribution in [1.29, 1.82) is 0 Å². The molecule has 1 amide bonds. The number of primary amides is 1. The van der Waals surface area contributed by atoms with E-state index in [0.717, 1.165) is 6.20 Å². The molecular weight excluding hydrogens is 223 g/mol. The molecule has 0 aliphatic rings. The van der Waals surface area contributed by atoms with E-state index in [0.29, 0.717) is 6.07 Å². The summed E-state index contributed by atoms with van der Waals surface area (Å²) in [6, 6.07) is 0.707. The number of halogens is 3. The Labute approximate surface area is 88.4 Å². The van der Waals surface area contributed by atoms with Crippen LogP contribution in [-0.4, -0.2) is 10.9 Å². The molecule has 0 aromatic carbocycles. The number of hydrogen-bond donors (Lipinski definition) is 2. The molecule has 1 aromatic heterocycles. The lowest BCUT2D eigenvalue weighted by molar-refractivity contribution is -0.137. The number of amides is 1. The van der Waals surface area contributed by atoms with Gasteiger partial charge in [-0.05, 0) is 6.07 Å². The summed E-state index contributed by atoms with van der Waals surface area (Å²) in [6.07, 6.45) is -3.58. The largest absolute Gasteiger partial charge is 0.419 e. The van der Waals surface area contributed by atoms with Gasteiger partial charge in [-0.15, -0.1) is 0 Å². The monoisotopic (exact) mass is 229 g/mol. The van der Waals surface area contributed by atoms with Gasteiger partial charge in [0.2, 0.25) is 0 Å². The van der Waals surface area contributed by atoms with Crippen LogP contribution in [0.5, 0.6) is 0 Å². The molecule has 1 heterocycles. The van der Waals surface area contributed by atoms with Crippen molar-refractivity contribution >= 4 is 11.7 Å². The maximum absolute atomic E-state index is 12.4. The number of carbonyl (C=O) groups is 1. The Balaban J connectivity index is 3.20. The van der Waals surface area contributed by atoms with Crippen molar-refractivity contribution in [3.63, 3.8) is 0 Å². The summed E-state index contributed by atoms with van der Waals surface area (Å²) in [6.45, 7) is 0. The molecule has 16 heavy (non-hydrogen) atoms. The zero-order chi connectivity index (χ0) is 12.3. The quantitative estimate of drug-likeness (QED) is 0.636. The van der Waals surface area contributed by atoms with Gasteiger partial charge in [-0.3, -0.25) is 4.79 Å². The molecule has 0 spiro atoms. The highest BCUT2D eigenvalue weighted by Gasteiger charge is 2.33. The summed E-state index contributed by atoms with van der Waals surface area (Å²) in [5.74, 6) is 2.46. The van der Waals surface area contributed by atoms with Crippen LogP contribution in [0, 0.1) is 11.8 Å². The number of pyridine rings is 1. The van der Waals surface area contributed by atoms with E-state index < -0.39 is 23.5 Å². The fourth-order valence-corrected chi connectivity index (χ4v) is 0.905. The molecule has 1 rings (SSSR count). The molecule has 4 N–H and O–H groups in total. The van der Waals surface area contributed by atoms with Crippen molar-refractivity contribution in [3.05, 3.63) is 23.4 Å². The van der Waals surface area contributed by atoms with Crippen LogP contribution < -0.4 is 11.5 Å². The van der Waals surface area contributed by atoms with Crippen molar-refractivity contribution in [2.45, 2.75) is 6.18 Å². The standard InChI is InChI=1S/C9H6F3N3O/c10-9(11,12)6-3-5(1-2-7(13)16)4-15-8(6)14/h3-4H,(H2,13,16)(H2,14,15). The summed E-state index contributed by atoms with van der Waals surface area (Å²) >= 11 is 0. The van der Waals surface area contributed by atoms with Gasteiger partial charge in [0.15, 0.2) is 0 Å². The van der Waals surface area contributed by atoms with E-state index in [9.17, 15) is 18.0 Å². The number of nitrogens with zero attached hydrogens (tertiary/aromatic N) is 1. The second-order valence-electron chi connectivity index (χ2n) is 2.77. The van der Waals surface area contributed by atoms with Gasteiger partial charge in [0.05, 0.1) is 5.56 Å². The third kappa shape index (κ3) is 2.88. The Hall–Kier alpha value is -2.23. The average molecular weight is 229 g/mol. The highest BCUT2D eigenvalue weighted by molar-refractivity contribution is 5.92. The van der Waals surface area contributed by atoms with Gasteiger partial charge < -0.3 is 11.5 Å². The number of nitrogens with two attached hydrogens (primary N) is 2. The maximum atomic E-state index is 12.4. The van der Waals surface area contributed by atoms with E-state index in [1.807, 2.05) is 5.92 Å². The minimum absolute atomic E-state index is 0.0830. The highest BCUT2D eigenvalue weighted by atomic mass is 19.4. The van der Waals surface area contributed by atoms with Crippen LogP contribution in [0.25, 0.3) is 0 Å². The summed E-state index contributed by atoms with van der Waals surface area (Å²) in [4.78, 5) is 13.6. The molecule has 0 fully saturated rings. The Morgan fingerprint density at radius 2 is 2.06 bits per heavy atom. The van der Waals surface area contributed by atoms with E-state index in [1.54, 1.807) is 0 Å². The molecule has 0 atom stereocenters. The molecule has 0 aliphatic heterocycles. The van der Waals surface area contributed by atoms with Gasteiger partial charge in [-0.1, -0.05) is 5.92 Å². The van der Waals surface area contributed by atoms with E-state index in [1.165, 1.54) is 0 Å². The van der Waals surface area contributed by atoms with Crippen LogP contribution in [0.4, 0.5) is 19.0 Å². The topological polar surface area (TPSA) is 82.0 Å². The van der Waals surface area contributed by atoms with E-state index >= 15 is 0 Å². The van der Waals surface area contributed by atoms with Gasteiger partial charge in [-0.2, -0.15) is 13.2 Å². The second kappa shape index (κ2) is 4.10. The number of anilines is 1. The maximum Gasteiger partial charge on any atom is 0.419 e. The molecule has 7 heteroatoms. The summed E-state index contributed by atoms with van der Waals surface area (Å²) in [7, 11) is 0. The highest BCUT2D eigenvalue weighted by Crippen LogP contribution is 2.32. The molecule has 1 aromatic rings. The molecule has 0 saturated carbocycles. The predicted octanol–water partition coefficient (Wildman–Crippen LogP) is 0.519. The summed E-state index contributed by atoms with van der Waals surface area (Å²) in [5, 5.41) is 0. The third-order valence-corrected chi connectivity index (χ3v) is 1.55. The Kier molecular flexibility index (Phi) is 3.04. The zero-order valence-corrected chi connectivity index (χ0v) is 7.80. The lowest BCUT2D eigenvalue weighted by atomic mass is 10.2. The Morgan fingerprint density at radius 1 is 1.44 bits per heavy atom. The molecule has 0 radical (unpaired) electrons. The van der Waals surface area contributed by atoms with Crippen molar-refractivity contribution in [2.75, 3.05) is 5.73 Å². The first-order chi connectivity index (χ1) is 7.30. The number of nitrogen functional groups attached to an aromatic ring is 1. The van der Waals surface area contributed by atoms with Gasteiger partial charge >= 0.3 is 6.18 Å². The van der Waals surface area contributed by atoms with Crippen LogP contribution >= 0.6 is 0 Å². The van der Waals surface area contributed by atoms with Gasteiger partial charge in [0.25, 0.3) is 5.91 Å². The van der Waals surface area contributed by atoms with Crippen LogP contribution in [-0.2, 0) is 11.0 Å². The van der Waals surface area contributed by atoms with Crippen LogP contribution in [0.1, 0.15) is 11.1 Å².